The number of phenolic OH excluding ortho intramolecular Hbond substituents is 1. The van der Waals surface area contributed by atoms with E-state index in [1.807, 2.05) is 67.6 Å². The fourth-order valence-electron chi connectivity index (χ4n) is 8.87. The molecule has 50 heavy (non-hydrogen) atoms. The Kier molecular flexibility index (Phi) is 7.67. The van der Waals surface area contributed by atoms with Crippen molar-refractivity contribution >= 4 is 50.9 Å². The maximum absolute atomic E-state index is 15.3. The van der Waals surface area contributed by atoms with E-state index in [0.29, 0.717) is 34.7 Å². The molecule has 0 aromatic heterocycles. The second-order valence-corrected chi connectivity index (χ2v) is 14.4. The molecule has 4 amide bonds. The molecule has 1 saturated carbocycles. The molecule has 2 saturated heterocycles. The number of halogens is 1. The molecule has 0 unspecified atom stereocenters. The molecule has 4 aromatic rings. The second kappa shape index (κ2) is 12.0. The van der Waals surface area contributed by atoms with Gasteiger partial charge >= 0.3 is 0 Å². The van der Waals surface area contributed by atoms with Gasteiger partial charge in [-0.15, -0.1) is 0 Å². The molecule has 4 aromatic carbocycles. The maximum Gasteiger partial charge on any atom is 0.260 e. The number of benzene rings is 4. The van der Waals surface area contributed by atoms with Crippen LogP contribution in [0.5, 0.6) is 11.5 Å². The number of carbonyl (C=O) groups is 4. The summed E-state index contributed by atoms with van der Waals surface area (Å²) >= 11 is 3.43. The molecule has 0 radical (unpaired) electrons. The molecule has 4 aliphatic rings. The first-order chi connectivity index (χ1) is 24.1. The Balaban J connectivity index is 1.33. The monoisotopic (exact) mass is 731 g/mol. The summed E-state index contributed by atoms with van der Waals surface area (Å²) in [4.78, 5) is 59.8. The van der Waals surface area contributed by atoms with Crippen LogP contribution < -0.4 is 15.1 Å². The largest absolute Gasteiger partial charge is 0.508 e. The highest BCUT2D eigenvalue weighted by Gasteiger charge is 2.70. The summed E-state index contributed by atoms with van der Waals surface area (Å²) in [6.07, 6.45) is 2.49. The normalized spacial score (nSPS) is 27.1. The number of nitrogens with one attached hydrogen (secondary N) is 1. The van der Waals surface area contributed by atoms with Crippen LogP contribution in [-0.2, 0) is 24.6 Å². The summed E-state index contributed by atoms with van der Waals surface area (Å²) < 4.78 is 6.67. The van der Waals surface area contributed by atoms with Gasteiger partial charge in [0.1, 0.15) is 11.5 Å². The molecule has 10 heteroatoms. The van der Waals surface area contributed by atoms with Crippen molar-refractivity contribution in [3.63, 3.8) is 0 Å². The molecule has 0 spiro atoms. The number of anilines is 2. The first kappa shape index (κ1) is 32.0. The lowest BCUT2D eigenvalue weighted by molar-refractivity contribution is -0.138. The number of imide groups is 2. The number of carbonyl (C=O) groups excluding carboxylic acids is 4. The number of aryl methyl sites for hydroxylation is 1. The van der Waals surface area contributed by atoms with Gasteiger partial charge in [0.05, 0.1) is 41.7 Å². The molecule has 8 rings (SSSR count). The number of fused-ring (bicyclic) bond motifs is 4. The van der Waals surface area contributed by atoms with Crippen molar-refractivity contribution in [2.24, 2.45) is 23.7 Å². The van der Waals surface area contributed by atoms with Gasteiger partial charge in [0.2, 0.25) is 11.8 Å². The zero-order chi connectivity index (χ0) is 34.9. The van der Waals surface area contributed by atoms with Crippen LogP contribution in [0, 0.1) is 30.6 Å². The molecule has 0 bridgehead atoms. The van der Waals surface area contributed by atoms with E-state index >= 15 is 4.79 Å². The number of rotatable bonds is 6. The van der Waals surface area contributed by atoms with Gasteiger partial charge < -0.3 is 9.84 Å². The van der Waals surface area contributed by atoms with Gasteiger partial charge in [0.15, 0.2) is 0 Å². The SMILES string of the molecule is COc1cc(O)ccc1[C@H]1C2=CC[C@@H]3C(=O)N(c4ccc(Br)cc4)C(=O)[C@@H]3[C@@H]2C[C@H]2C(=O)N(Nc3ccc(C)cc3)C(=O)[C@@]12c1ccccc1. The summed E-state index contributed by atoms with van der Waals surface area (Å²) in [7, 11) is 1.50. The average Bonchev–Trinajstić information content (AvgIpc) is 3.51. The first-order valence-electron chi connectivity index (χ1n) is 16.6. The third-order valence-corrected chi connectivity index (χ3v) is 11.5. The van der Waals surface area contributed by atoms with Crippen LogP contribution in [0.4, 0.5) is 11.4 Å². The zero-order valence-corrected chi connectivity index (χ0v) is 29.0. The fourth-order valence-corrected chi connectivity index (χ4v) is 9.14. The molecule has 2 aliphatic heterocycles. The zero-order valence-electron chi connectivity index (χ0n) is 27.4. The maximum atomic E-state index is 15.3. The van der Waals surface area contributed by atoms with Gasteiger partial charge in [-0.05, 0) is 73.7 Å². The smallest absolute Gasteiger partial charge is 0.260 e. The van der Waals surface area contributed by atoms with E-state index in [0.717, 1.165) is 20.6 Å². The average molecular weight is 733 g/mol. The molecular weight excluding hydrogens is 698 g/mol. The number of allylic oxidation sites excluding steroid dienone is 2. The number of amides is 4. The molecule has 3 fully saturated rings. The number of aromatic hydroxyl groups is 1. The lowest BCUT2D eigenvalue weighted by Gasteiger charge is -2.50. The summed E-state index contributed by atoms with van der Waals surface area (Å²) in [6, 6.07) is 28.6. The van der Waals surface area contributed by atoms with Crippen LogP contribution in [0.2, 0.25) is 0 Å². The van der Waals surface area contributed by atoms with Crippen LogP contribution >= 0.6 is 15.9 Å². The summed E-state index contributed by atoms with van der Waals surface area (Å²) in [5, 5.41) is 11.6. The molecule has 6 atom stereocenters. The number of ether oxygens (including phenoxy) is 1. The number of nitrogens with zero attached hydrogens (tertiary/aromatic N) is 2. The predicted octanol–water partition coefficient (Wildman–Crippen LogP) is 6.66. The van der Waals surface area contributed by atoms with E-state index in [4.69, 9.17) is 4.74 Å². The van der Waals surface area contributed by atoms with Crippen LogP contribution in [0.3, 0.4) is 0 Å². The van der Waals surface area contributed by atoms with E-state index in [1.54, 1.807) is 36.4 Å². The van der Waals surface area contributed by atoms with Crippen molar-refractivity contribution in [3.05, 3.63) is 130 Å². The van der Waals surface area contributed by atoms with Crippen molar-refractivity contribution in [1.82, 2.24) is 5.01 Å². The van der Waals surface area contributed by atoms with Crippen LogP contribution in [0.15, 0.2) is 113 Å². The minimum absolute atomic E-state index is 0.0147. The van der Waals surface area contributed by atoms with E-state index in [1.165, 1.54) is 18.1 Å². The topological polar surface area (TPSA) is 116 Å². The summed E-state index contributed by atoms with van der Waals surface area (Å²) in [6.45, 7) is 1.96. The lowest BCUT2D eigenvalue weighted by atomic mass is 9.49. The van der Waals surface area contributed by atoms with Gasteiger partial charge in [-0.25, -0.2) is 0 Å². The van der Waals surface area contributed by atoms with Gasteiger partial charge in [0, 0.05) is 22.0 Å². The van der Waals surface area contributed by atoms with Crippen LogP contribution in [-0.4, -0.2) is 40.9 Å². The van der Waals surface area contributed by atoms with Gasteiger partial charge in [-0.2, -0.15) is 5.01 Å². The Hall–Kier alpha value is -5.22. The lowest BCUT2D eigenvalue weighted by Crippen LogP contribution is -2.53. The minimum Gasteiger partial charge on any atom is -0.508 e. The molecule has 2 heterocycles. The van der Waals surface area contributed by atoms with Crippen molar-refractivity contribution in [1.29, 1.82) is 0 Å². The number of phenols is 1. The van der Waals surface area contributed by atoms with E-state index in [9.17, 15) is 19.5 Å². The van der Waals surface area contributed by atoms with Crippen LogP contribution in [0.1, 0.15) is 35.4 Å². The van der Waals surface area contributed by atoms with E-state index < -0.39 is 46.8 Å². The molecule has 9 nitrogen and oxygen atoms in total. The quantitative estimate of drug-likeness (QED) is 0.168. The highest BCUT2D eigenvalue weighted by molar-refractivity contribution is 9.10. The Morgan fingerprint density at radius 2 is 1.58 bits per heavy atom. The van der Waals surface area contributed by atoms with Gasteiger partial charge in [0.25, 0.3) is 11.8 Å². The summed E-state index contributed by atoms with van der Waals surface area (Å²) in [5.74, 6) is -4.61. The molecular formula is C40H34BrN3O6. The Labute approximate surface area is 297 Å². The van der Waals surface area contributed by atoms with Crippen molar-refractivity contribution < 1.29 is 29.0 Å². The van der Waals surface area contributed by atoms with Crippen molar-refractivity contribution in [2.45, 2.75) is 31.1 Å². The van der Waals surface area contributed by atoms with Crippen molar-refractivity contribution in [3.8, 4) is 11.5 Å². The van der Waals surface area contributed by atoms with E-state index in [-0.39, 0.29) is 24.0 Å². The standard InChI is InChI=1S/C40H34BrN3O6/c1-22-8-12-25(13-9-22)42-44-37(47)32-21-31-28(18-19-30-34(31)38(48)43(36(30)46)26-14-10-24(41)11-15-26)35(29-17-16-27(45)20-33(29)50-2)40(32,39(44)49)23-6-4-3-5-7-23/h3-18,20,30-32,34-35,42,45H,19,21H2,1-2H3/t30-,31+,32-,34-,35+,40+/m0/s1. The Bertz CT molecular complexity index is 2080. The highest BCUT2D eigenvalue weighted by Crippen LogP contribution is 2.65. The number of methoxy groups -OCH3 is 1. The fraction of sp³-hybridized carbons (Fsp3) is 0.250. The predicted molar refractivity (Wildman–Crippen MR) is 190 cm³/mol. The highest BCUT2D eigenvalue weighted by atomic mass is 79.9. The van der Waals surface area contributed by atoms with Crippen molar-refractivity contribution in [2.75, 3.05) is 17.4 Å². The first-order valence-corrected chi connectivity index (χ1v) is 17.4. The molecule has 252 valence electrons. The minimum atomic E-state index is -1.44. The van der Waals surface area contributed by atoms with Gasteiger partial charge in [-0.1, -0.05) is 81.7 Å². The Morgan fingerprint density at radius 1 is 0.860 bits per heavy atom. The Morgan fingerprint density at radius 3 is 2.28 bits per heavy atom. The van der Waals surface area contributed by atoms with Crippen LogP contribution in [0.25, 0.3) is 0 Å². The molecule has 2 aliphatic carbocycles. The number of hydrogen-bond donors (Lipinski definition) is 2. The second-order valence-electron chi connectivity index (χ2n) is 13.5. The van der Waals surface area contributed by atoms with Gasteiger partial charge in [-0.3, -0.25) is 29.5 Å². The third kappa shape index (κ3) is 4.65. The third-order valence-electron chi connectivity index (χ3n) is 11.0. The molecule has 2 N–H and O–H groups in total. The summed E-state index contributed by atoms with van der Waals surface area (Å²) in [5.41, 5.74) is 5.85. The number of hydrazine groups is 1. The number of hydrogen-bond acceptors (Lipinski definition) is 7. The van der Waals surface area contributed by atoms with E-state index in [2.05, 4.69) is 21.4 Å².